The Morgan fingerprint density at radius 2 is 0.705 bits per heavy atom. The first-order chi connectivity index (χ1) is 38.6. The van der Waals surface area contributed by atoms with Gasteiger partial charge >= 0.3 is 0 Å². The van der Waals surface area contributed by atoms with E-state index in [1.54, 1.807) is 0 Å². The van der Waals surface area contributed by atoms with Crippen LogP contribution in [0.1, 0.15) is 37.8 Å². The zero-order chi connectivity index (χ0) is 51.3. The molecule has 13 aromatic rings. The summed E-state index contributed by atoms with van der Waals surface area (Å²) in [4.78, 5) is 0. The summed E-state index contributed by atoms with van der Waals surface area (Å²) in [7, 11) is 0. The number of nitrogens with zero attached hydrogens (tertiary/aromatic N) is 2. The summed E-state index contributed by atoms with van der Waals surface area (Å²) in [5.41, 5.74) is 26.3. The minimum Gasteiger partial charge on any atom is -0.456 e. The number of hydrogen-bond acceptors (Lipinski definition) is 2. The molecule has 4 aliphatic heterocycles. The molecule has 0 radical (unpaired) electrons. The van der Waals surface area contributed by atoms with Crippen LogP contribution >= 0.6 is 0 Å². The molecule has 0 spiro atoms. The van der Waals surface area contributed by atoms with Gasteiger partial charge in [-0.25, -0.2) is 0 Å². The van der Waals surface area contributed by atoms with E-state index in [0.29, 0.717) is 0 Å². The molecule has 0 saturated heterocycles. The molecule has 6 heteroatoms. The average molecular weight is 997 g/mol. The van der Waals surface area contributed by atoms with E-state index >= 15 is 0 Å². The summed E-state index contributed by atoms with van der Waals surface area (Å²) in [6.45, 7) is 4.21. The molecule has 4 nitrogen and oxygen atoms in total. The zero-order valence-electron chi connectivity index (χ0n) is 43.5. The zero-order valence-corrected chi connectivity index (χ0v) is 43.5. The van der Waals surface area contributed by atoms with Gasteiger partial charge in [-0.05, 0) is 139 Å². The van der Waals surface area contributed by atoms with Gasteiger partial charge in [0.2, 0.25) is 0 Å². The van der Waals surface area contributed by atoms with Crippen molar-refractivity contribution in [2.75, 3.05) is 0 Å². The summed E-state index contributed by atoms with van der Waals surface area (Å²) in [6, 6.07) is 81.7. The van der Waals surface area contributed by atoms with Crippen LogP contribution in [0.2, 0.25) is 0 Å². The molecule has 0 amide bonds. The van der Waals surface area contributed by atoms with Crippen LogP contribution in [0.4, 0.5) is 0 Å². The molecular weight excluding hydrogens is 946 g/mol. The molecular formula is C72H50B2N2O2. The number of ether oxygens (including phenoxy) is 2. The summed E-state index contributed by atoms with van der Waals surface area (Å²) in [5, 5.41) is 4.89. The van der Waals surface area contributed by atoms with Crippen LogP contribution in [-0.2, 0) is 12.8 Å². The SMILES string of the molecule is CCCc1ccc2c(c1)B1c3c(c4c5c(c3-n3c6ccc(-c7ccccc7)cc6c6cc(-c7ccccc7)cc1c63)Oc1ccc(CCC)cc1B5c1cc(-c3ccccc3)cc3c5cc(-c6ccccc6)ccc5n-4c13)O2. The Morgan fingerprint density at radius 1 is 0.333 bits per heavy atom. The van der Waals surface area contributed by atoms with Crippen molar-refractivity contribution in [3.05, 3.63) is 230 Å². The quantitative estimate of drug-likeness (QED) is 0.142. The first kappa shape index (κ1) is 43.9. The number of aromatic nitrogens is 2. The Kier molecular flexibility index (Phi) is 9.36. The fourth-order valence-electron chi connectivity index (χ4n) is 14.3. The van der Waals surface area contributed by atoms with E-state index in [2.05, 4.69) is 241 Å². The van der Waals surface area contributed by atoms with E-state index in [1.165, 1.54) is 110 Å². The van der Waals surface area contributed by atoms with Gasteiger partial charge in [-0.3, -0.25) is 0 Å². The maximum atomic E-state index is 7.83. The van der Waals surface area contributed by atoms with E-state index in [0.717, 1.165) is 82.0 Å². The molecule has 0 N–H and O–H groups in total. The first-order valence-corrected chi connectivity index (χ1v) is 27.9. The molecule has 6 heterocycles. The largest absolute Gasteiger partial charge is 0.456 e. The summed E-state index contributed by atoms with van der Waals surface area (Å²) < 4.78 is 20.8. The Labute approximate surface area is 453 Å². The second-order valence-corrected chi connectivity index (χ2v) is 22.0. The van der Waals surface area contributed by atoms with Crippen molar-refractivity contribution in [3.63, 3.8) is 0 Å². The topological polar surface area (TPSA) is 28.3 Å². The predicted molar refractivity (Wildman–Crippen MR) is 327 cm³/mol. The normalized spacial score (nSPS) is 13.1. The third-order valence-corrected chi connectivity index (χ3v) is 17.6. The highest BCUT2D eigenvalue weighted by Gasteiger charge is 2.50. The molecule has 78 heavy (non-hydrogen) atoms. The molecule has 0 atom stereocenters. The van der Waals surface area contributed by atoms with E-state index in [1.807, 2.05) is 0 Å². The first-order valence-electron chi connectivity index (χ1n) is 27.9. The highest BCUT2D eigenvalue weighted by Crippen LogP contribution is 2.50. The maximum absolute atomic E-state index is 7.83. The number of hydrogen-bond donors (Lipinski definition) is 0. The molecule has 366 valence electrons. The summed E-state index contributed by atoms with van der Waals surface area (Å²) in [6.07, 6.45) is 4.08. The Balaban J connectivity index is 1.07. The molecule has 0 bridgehead atoms. The third kappa shape index (κ3) is 6.14. The van der Waals surface area contributed by atoms with Crippen LogP contribution in [0, 0.1) is 0 Å². The van der Waals surface area contributed by atoms with Crippen molar-refractivity contribution in [1.29, 1.82) is 0 Å². The highest BCUT2D eigenvalue weighted by atomic mass is 16.5. The molecule has 17 rings (SSSR count). The van der Waals surface area contributed by atoms with Gasteiger partial charge in [0, 0.05) is 43.5 Å². The number of fused-ring (bicyclic) bond motifs is 16. The van der Waals surface area contributed by atoms with E-state index in [9.17, 15) is 0 Å². The van der Waals surface area contributed by atoms with Gasteiger partial charge < -0.3 is 18.6 Å². The minimum atomic E-state index is -0.173. The van der Waals surface area contributed by atoms with Crippen LogP contribution in [-0.4, -0.2) is 22.6 Å². The monoisotopic (exact) mass is 996 g/mol. The Hall–Kier alpha value is -9.25. The van der Waals surface area contributed by atoms with Gasteiger partial charge in [0.05, 0.1) is 22.4 Å². The lowest BCUT2D eigenvalue weighted by atomic mass is 9.31. The van der Waals surface area contributed by atoms with Crippen molar-refractivity contribution in [2.24, 2.45) is 0 Å². The highest BCUT2D eigenvalue weighted by molar-refractivity contribution is 7.02. The smallest absolute Gasteiger partial charge is 0.256 e. The summed E-state index contributed by atoms with van der Waals surface area (Å²) in [5.74, 6) is 3.63. The van der Waals surface area contributed by atoms with Crippen LogP contribution in [0.15, 0.2) is 218 Å². The Bertz CT molecular complexity index is 4400. The third-order valence-electron chi connectivity index (χ3n) is 17.6. The average Bonchev–Trinajstić information content (AvgIpc) is 4.20. The van der Waals surface area contributed by atoms with E-state index < -0.39 is 0 Å². The lowest BCUT2D eigenvalue weighted by Gasteiger charge is -2.41. The van der Waals surface area contributed by atoms with Crippen molar-refractivity contribution >= 4 is 89.8 Å². The van der Waals surface area contributed by atoms with Gasteiger partial charge in [0.25, 0.3) is 13.4 Å². The maximum Gasteiger partial charge on any atom is 0.256 e. The van der Waals surface area contributed by atoms with Gasteiger partial charge in [-0.15, -0.1) is 0 Å². The van der Waals surface area contributed by atoms with Gasteiger partial charge in [-0.2, -0.15) is 0 Å². The predicted octanol–water partition coefficient (Wildman–Crippen LogP) is 14.3. The number of benzene rings is 11. The van der Waals surface area contributed by atoms with Crippen LogP contribution in [0.25, 0.3) is 99.5 Å². The standard InChI is InChI=1S/C72H50B2N2O2/c1-3-17-43-27-33-63-57(35-43)73-59-41-51(47-23-13-7-14-24-47)39-55-53-37-49(45-19-9-5-10-20-45)29-31-61(53)75(67(55)59)69-65(73)71(77-63)70-66-72(69)78-64-34-28-44(18-4-2)36-58(64)74(66)60-42-52(48-25-15-8-16-26-48)40-56-54-38-50(46-21-11-6-12-22-46)30-32-62(54)76(70)68(56)60/h5-16,19-42H,3-4,17-18H2,1-2H3. The van der Waals surface area contributed by atoms with E-state index in [4.69, 9.17) is 9.47 Å². The second-order valence-electron chi connectivity index (χ2n) is 22.0. The number of aryl methyl sites for hydroxylation is 2. The lowest BCUT2D eigenvalue weighted by Crippen LogP contribution is -2.63. The molecule has 0 fully saturated rings. The van der Waals surface area contributed by atoms with Crippen molar-refractivity contribution in [3.8, 4) is 78.9 Å². The van der Waals surface area contributed by atoms with Crippen LogP contribution in [0.3, 0.4) is 0 Å². The van der Waals surface area contributed by atoms with Crippen molar-refractivity contribution in [1.82, 2.24) is 9.13 Å². The van der Waals surface area contributed by atoms with Gasteiger partial charge in [0.15, 0.2) is 0 Å². The van der Waals surface area contributed by atoms with Crippen LogP contribution < -0.4 is 42.3 Å². The van der Waals surface area contributed by atoms with Gasteiger partial charge in [0.1, 0.15) is 23.0 Å². The summed E-state index contributed by atoms with van der Waals surface area (Å²) >= 11 is 0. The molecule has 4 aliphatic rings. The van der Waals surface area contributed by atoms with Gasteiger partial charge in [-0.1, -0.05) is 197 Å². The second kappa shape index (κ2) is 16.6. The fourth-order valence-corrected chi connectivity index (χ4v) is 14.3. The molecule has 0 aliphatic carbocycles. The molecule has 0 saturated carbocycles. The molecule has 0 unspecified atom stereocenters. The molecule has 11 aromatic carbocycles. The lowest BCUT2D eigenvalue weighted by molar-refractivity contribution is 0.472. The van der Waals surface area contributed by atoms with Crippen molar-refractivity contribution in [2.45, 2.75) is 39.5 Å². The number of rotatable bonds is 8. The fraction of sp³-hybridized carbons (Fsp3) is 0.0833. The van der Waals surface area contributed by atoms with E-state index in [-0.39, 0.29) is 13.4 Å². The minimum absolute atomic E-state index is 0.173. The van der Waals surface area contributed by atoms with Crippen LogP contribution in [0.5, 0.6) is 23.0 Å². The van der Waals surface area contributed by atoms with Crippen molar-refractivity contribution < 1.29 is 9.47 Å². The Morgan fingerprint density at radius 3 is 1.09 bits per heavy atom. The molecule has 2 aromatic heterocycles.